The zero-order valence-corrected chi connectivity index (χ0v) is 15.9. The molecule has 4 rings (SSSR count). The third-order valence-corrected chi connectivity index (χ3v) is 5.52. The number of carbonyl (C=O) groups is 1. The Morgan fingerprint density at radius 2 is 1.71 bits per heavy atom. The summed E-state index contributed by atoms with van der Waals surface area (Å²) in [6.07, 6.45) is 2.88. The SMILES string of the molecule is C=CCN(C(=O)[C@@H](C1CC1)[C@@H](O)c1ccc2ccccc2c1)c1ccccc1. The first-order chi connectivity index (χ1) is 13.7. The average Bonchev–Trinajstić information content (AvgIpc) is 3.57. The van der Waals surface area contributed by atoms with Gasteiger partial charge < -0.3 is 10.0 Å². The van der Waals surface area contributed by atoms with Gasteiger partial charge in [0.2, 0.25) is 5.91 Å². The van der Waals surface area contributed by atoms with E-state index in [1.54, 1.807) is 11.0 Å². The topological polar surface area (TPSA) is 40.5 Å². The maximum Gasteiger partial charge on any atom is 0.233 e. The van der Waals surface area contributed by atoms with Gasteiger partial charge in [-0.05, 0) is 53.3 Å². The van der Waals surface area contributed by atoms with Gasteiger partial charge in [0.15, 0.2) is 0 Å². The molecular weight excluding hydrogens is 346 g/mol. The van der Waals surface area contributed by atoms with Crippen molar-refractivity contribution in [3.8, 4) is 0 Å². The molecular formula is C25H25NO2. The standard InChI is InChI=1S/C25H25NO2/c1-2-16-26(22-10-4-3-5-11-22)25(28)23(19-13-14-19)24(27)21-15-12-18-8-6-7-9-20(18)17-21/h2-12,15,17,19,23-24,27H,1,13-14,16H2/t23-,24-/m0/s1. The maximum atomic E-state index is 13.5. The van der Waals surface area contributed by atoms with Crippen molar-refractivity contribution in [1.82, 2.24) is 0 Å². The highest BCUT2D eigenvalue weighted by molar-refractivity contribution is 5.96. The minimum atomic E-state index is -0.819. The third-order valence-electron chi connectivity index (χ3n) is 5.52. The zero-order valence-electron chi connectivity index (χ0n) is 15.9. The zero-order chi connectivity index (χ0) is 19.5. The monoisotopic (exact) mass is 371 g/mol. The number of aliphatic hydroxyl groups excluding tert-OH is 1. The van der Waals surface area contributed by atoms with Crippen molar-refractivity contribution in [3.63, 3.8) is 0 Å². The van der Waals surface area contributed by atoms with Crippen LogP contribution in [-0.2, 0) is 4.79 Å². The number of nitrogens with zero attached hydrogens (tertiary/aromatic N) is 1. The van der Waals surface area contributed by atoms with E-state index in [0.717, 1.165) is 34.9 Å². The summed E-state index contributed by atoms with van der Waals surface area (Å²) in [5.41, 5.74) is 1.64. The van der Waals surface area contributed by atoms with Crippen LogP contribution in [0.5, 0.6) is 0 Å². The van der Waals surface area contributed by atoms with E-state index in [9.17, 15) is 9.90 Å². The third kappa shape index (κ3) is 3.71. The molecule has 142 valence electrons. The molecule has 3 heteroatoms. The van der Waals surface area contributed by atoms with Gasteiger partial charge in [-0.25, -0.2) is 0 Å². The van der Waals surface area contributed by atoms with Crippen molar-refractivity contribution in [2.45, 2.75) is 18.9 Å². The second kappa shape index (κ2) is 7.99. The van der Waals surface area contributed by atoms with Crippen LogP contribution in [0.15, 0.2) is 85.5 Å². The van der Waals surface area contributed by atoms with Crippen LogP contribution in [0.25, 0.3) is 10.8 Å². The molecule has 0 unspecified atom stereocenters. The van der Waals surface area contributed by atoms with Crippen LogP contribution >= 0.6 is 0 Å². The Kier molecular flexibility index (Phi) is 5.27. The van der Waals surface area contributed by atoms with Crippen LogP contribution < -0.4 is 4.90 Å². The summed E-state index contributed by atoms with van der Waals surface area (Å²) in [5, 5.41) is 13.4. The second-order valence-corrected chi connectivity index (χ2v) is 7.49. The lowest BCUT2D eigenvalue weighted by Crippen LogP contribution is -2.40. The molecule has 0 spiro atoms. The van der Waals surface area contributed by atoms with Crippen molar-refractivity contribution >= 4 is 22.4 Å². The molecule has 0 aromatic heterocycles. The number of carbonyl (C=O) groups excluding carboxylic acids is 1. The molecule has 28 heavy (non-hydrogen) atoms. The number of fused-ring (bicyclic) bond motifs is 1. The Morgan fingerprint density at radius 1 is 1.04 bits per heavy atom. The van der Waals surface area contributed by atoms with Crippen molar-refractivity contribution in [3.05, 3.63) is 91.0 Å². The Morgan fingerprint density at radius 3 is 2.39 bits per heavy atom. The highest BCUT2D eigenvalue weighted by Gasteiger charge is 2.43. The molecule has 1 fully saturated rings. The van der Waals surface area contributed by atoms with Gasteiger partial charge in [-0.15, -0.1) is 6.58 Å². The van der Waals surface area contributed by atoms with Gasteiger partial charge in [0.25, 0.3) is 0 Å². The summed E-state index contributed by atoms with van der Waals surface area (Å²) in [5.74, 6) is -0.249. The number of hydrogen-bond acceptors (Lipinski definition) is 2. The van der Waals surface area contributed by atoms with Gasteiger partial charge in [-0.1, -0.05) is 60.7 Å². The van der Waals surface area contributed by atoms with E-state index in [4.69, 9.17) is 0 Å². The normalized spacial score (nSPS) is 15.8. The summed E-state index contributed by atoms with van der Waals surface area (Å²) in [7, 11) is 0. The predicted octanol–water partition coefficient (Wildman–Crippen LogP) is 5.12. The summed E-state index contributed by atoms with van der Waals surface area (Å²) < 4.78 is 0. The number of anilines is 1. The van der Waals surface area contributed by atoms with Gasteiger partial charge in [0.1, 0.15) is 0 Å². The Balaban J connectivity index is 1.67. The summed E-state index contributed by atoms with van der Waals surface area (Å²) in [6.45, 7) is 4.24. The molecule has 0 aliphatic heterocycles. The first kappa shape index (κ1) is 18.5. The first-order valence-corrected chi connectivity index (χ1v) is 9.83. The summed E-state index contributed by atoms with van der Waals surface area (Å²) in [6, 6.07) is 23.7. The Hall–Kier alpha value is -2.91. The van der Waals surface area contributed by atoms with E-state index in [1.165, 1.54) is 0 Å². The fraction of sp³-hybridized carbons (Fsp3) is 0.240. The smallest absolute Gasteiger partial charge is 0.233 e. The van der Waals surface area contributed by atoms with Crippen molar-refractivity contribution in [1.29, 1.82) is 0 Å². The fourth-order valence-electron chi connectivity index (χ4n) is 3.89. The van der Waals surface area contributed by atoms with Gasteiger partial charge in [0.05, 0.1) is 12.0 Å². The summed E-state index contributed by atoms with van der Waals surface area (Å²) >= 11 is 0. The lowest BCUT2D eigenvalue weighted by molar-refractivity contribution is -0.126. The number of rotatable bonds is 7. The number of benzene rings is 3. The minimum Gasteiger partial charge on any atom is -0.388 e. The van der Waals surface area contributed by atoms with E-state index >= 15 is 0 Å². The van der Waals surface area contributed by atoms with Gasteiger partial charge in [0, 0.05) is 12.2 Å². The summed E-state index contributed by atoms with van der Waals surface area (Å²) in [4.78, 5) is 15.2. The molecule has 0 radical (unpaired) electrons. The van der Waals surface area contributed by atoms with Crippen LogP contribution in [0.3, 0.4) is 0 Å². The largest absolute Gasteiger partial charge is 0.388 e. The fourth-order valence-corrected chi connectivity index (χ4v) is 3.89. The number of amides is 1. The van der Waals surface area contributed by atoms with Gasteiger partial charge in [-0.3, -0.25) is 4.79 Å². The molecule has 1 N–H and O–H groups in total. The van der Waals surface area contributed by atoms with E-state index in [2.05, 4.69) is 12.6 Å². The molecule has 1 aliphatic rings. The lowest BCUT2D eigenvalue weighted by Gasteiger charge is -2.29. The van der Waals surface area contributed by atoms with Gasteiger partial charge >= 0.3 is 0 Å². The highest BCUT2D eigenvalue weighted by Crippen LogP contribution is 2.44. The van der Waals surface area contributed by atoms with Crippen LogP contribution in [0.1, 0.15) is 24.5 Å². The first-order valence-electron chi connectivity index (χ1n) is 9.83. The molecule has 0 heterocycles. The maximum absolute atomic E-state index is 13.5. The molecule has 3 aromatic carbocycles. The van der Waals surface area contributed by atoms with E-state index < -0.39 is 12.0 Å². The quantitative estimate of drug-likeness (QED) is 0.586. The molecule has 1 aliphatic carbocycles. The van der Waals surface area contributed by atoms with E-state index in [1.807, 2.05) is 66.7 Å². The predicted molar refractivity (Wildman–Crippen MR) is 114 cm³/mol. The molecule has 1 saturated carbocycles. The molecule has 3 aromatic rings. The molecule has 1 amide bonds. The number of hydrogen-bond donors (Lipinski definition) is 1. The van der Waals surface area contributed by atoms with Crippen molar-refractivity contribution in [2.24, 2.45) is 11.8 Å². The molecule has 0 bridgehead atoms. The van der Waals surface area contributed by atoms with Gasteiger partial charge in [-0.2, -0.15) is 0 Å². The molecule has 3 nitrogen and oxygen atoms in total. The molecule has 0 saturated heterocycles. The van der Waals surface area contributed by atoms with Crippen molar-refractivity contribution < 1.29 is 9.90 Å². The van der Waals surface area contributed by atoms with Crippen LogP contribution in [0.2, 0.25) is 0 Å². The second-order valence-electron chi connectivity index (χ2n) is 7.49. The van der Waals surface area contributed by atoms with Crippen LogP contribution in [0, 0.1) is 11.8 Å². The van der Waals surface area contributed by atoms with Crippen molar-refractivity contribution in [2.75, 3.05) is 11.4 Å². The number of para-hydroxylation sites is 1. The minimum absolute atomic E-state index is 0.0331. The van der Waals surface area contributed by atoms with Crippen LogP contribution in [0.4, 0.5) is 5.69 Å². The van der Waals surface area contributed by atoms with Crippen LogP contribution in [-0.4, -0.2) is 17.6 Å². The van der Waals surface area contributed by atoms with E-state index in [0.29, 0.717) is 6.54 Å². The number of aliphatic hydroxyl groups is 1. The lowest BCUT2D eigenvalue weighted by atomic mass is 9.89. The molecule has 2 atom stereocenters. The van der Waals surface area contributed by atoms with E-state index in [-0.39, 0.29) is 11.8 Å². The Bertz CT molecular complexity index is 978. The average molecular weight is 371 g/mol. The Labute approximate surface area is 165 Å². The highest BCUT2D eigenvalue weighted by atomic mass is 16.3.